The second-order valence-electron chi connectivity index (χ2n) is 4.75. The Morgan fingerprint density at radius 1 is 1.42 bits per heavy atom. The number of fused-ring (bicyclic) bond motifs is 1. The molecule has 2 unspecified atom stereocenters. The lowest BCUT2D eigenvalue weighted by Gasteiger charge is -2.33. The van der Waals surface area contributed by atoms with Crippen molar-refractivity contribution >= 4 is 27.7 Å². The monoisotopic (exact) mass is 343 g/mol. The van der Waals surface area contributed by atoms with Gasteiger partial charge in [0.05, 0.1) is 0 Å². The fraction of sp³-hybridized carbons (Fsp3) is 0.600. The Morgan fingerprint density at radius 2 is 2.26 bits per heavy atom. The zero-order chi connectivity index (χ0) is 13.7. The van der Waals surface area contributed by atoms with E-state index in [9.17, 15) is 0 Å². The number of hydrogen-bond acceptors (Lipinski definition) is 3. The molecule has 0 bridgehead atoms. The summed E-state index contributed by atoms with van der Waals surface area (Å²) in [5.74, 6) is 3.42. The zero-order valence-electron chi connectivity index (χ0n) is 11.6. The van der Waals surface area contributed by atoms with Gasteiger partial charge in [-0.15, -0.1) is 0 Å². The van der Waals surface area contributed by atoms with Gasteiger partial charge in [0, 0.05) is 22.5 Å². The molecule has 0 fully saturated rings. The van der Waals surface area contributed by atoms with Gasteiger partial charge in [-0.3, -0.25) is 0 Å². The van der Waals surface area contributed by atoms with Gasteiger partial charge in [-0.25, -0.2) is 0 Å². The number of ether oxygens (including phenoxy) is 1. The summed E-state index contributed by atoms with van der Waals surface area (Å²) < 4.78 is 7.26. The van der Waals surface area contributed by atoms with Crippen LogP contribution in [0.1, 0.15) is 38.3 Å². The molecule has 1 aliphatic heterocycles. The minimum absolute atomic E-state index is 0.344. The topological polar surface area (TPSA) is 21.3 Å². The van der Waals surface area contributed by atoms with Crippen LogP contribution in [-0.4, -0.2) is 24.2 Å². The molecule has 2 rings (SSSR count). The van der Waals surface area contributed by atoms with Crippen molar-refractivity contribution in [3.05, 3.63) is 28.2 Å². The summed E-state index contributed by atoms with van der Waals surface area (Å²) in [5.41, 5.74) is 1.29. The van der Waals surface area contributed by atoms with E-state index in [1.54, 1.807) is 0 Å². The van der Waals surface area contributed by atoms with Crippen molar-refractivity contribution in [2.24, 2.45) is 0 Å². The van der Waals surface area contributed by atoms with Gasteiger partial charge in [0.1, 0.15) is 11.9 Å². The molecule has 0 aromatic heterocycles. The maximum absolute atomic E-state index is 6.14. The SMILES string of the molecule is CCNC1CC(CCSCC)Oc2ccc(Br)cc21. The van der Waals surface area contributed by atoms with E-state index in [1.807, 2.05) is 11.8 Å². The van der Waals surface area contributed by atoms with Crippen molar-refractivity contribution in [3.63, 3.8) is 0 Å². The standard InChI is InChI=1S/C15H22BrNOS/c1-3-17-14-10-12(7-8-19-4-2)18-15-6-5-11(16)9-13(14)15/h5-6,9,12,14,17H,3-4,7-8,10H2,1-2H3. The molecule has 1 aromatic rings. The van der Waals surface area contributed by atoms with Crippen LogP contribution < -0.4 is 10.1 Å². The van der Waals surface area contributed by atoms with Crippen molar-refractivity contribution < 1.29 is 4.74 Å². The lowest BCUT2D eigenvalue weighted by molar-refractivity contribution is 0.147. The fourth-order valence-corrected chi connectivity index (χ4v) is 3.59. The van der Waals surface area contributed by atoms with Crippen LogP contribution in [0.25, 0.3) is 0 Å². The van der Waals surface area contributed by atoms with E-state index in [0.717, 1.165) is 29.6 Å². The molecule has 2 nitrogen and oxygen atoms in total. The Labute approximate surface area is 128 Å². The van der Waals surface area contributed by atoms with Crippen LogP contribution in [-0.2, 0) is 0 Å². The summed E-state index contributed by atoms with van der Waals surface area (Å²) in [7, 11) is 0. The summed E-state index contributed by atoms with van der Waals surface area (Å²) >= 11 is 5.54. The van der Waals surface area contributed by atoms with E-state index in [2.05, 4.69) is 53.3 Å². The quantitative estimate of drug-likeness (QED) is 0.773. The highest BCUT2D eigenvalue weighted by atomic mass is 79.9. The third-order valence-electron chi connectivity index (χ3n) is 3.38. The van der Waals surface area contributed by atoms with Crippen molar-refractivity contribution in [1.82, 2.24) is 5.32 Å². The van der Waals surface area contributed by atoms with Crippen LogP contribution in [0.15, 0.2) is 22.7 Å². The van der Waals surface area contributed by atoms with E-state index in [0.29, 0.717) is 12.1 Å². The third kappa shape index (κ3) is 4.14. The number of nitrogens with one attached hydrogen (secondary N) is 1. The molecular formula is C15H22BrNOS. The van der Waals surface area contributed by atoms with Gasteiger partial charge in [0.2, 0.25) is 0 Å². The number of benzene rings is 1. The van der Waals surface area contributed by atoms with Gasteiger partial charge < -0.3 is 10.1 Å². The first-order chi connectivity index (χ1) is 9.24. The van der Waals surface area contributed by atoms with Crippen LogP contribution in [0, 0.1) is 0 Å². The summed E-state index contributed by atoms with van der Waals surface area (Å²) in [4.78, 5) is 0. The first-order valence-electron chi connectivity index (χ1n) is 7.01. The molecule has 0 amide bonds. The van der Waals surface area contributed by atoms with Gasteiger partial charge in [-0.2, -0.15) is 11.8 Å². The molecule has 19 heavy (non-hydrogen) atoms. The summed E-state index contributed by atoms with van der Waals surface area (Å²) in [6.45, 7) is 5.36. The Bertz CT molecular complexity index is 413. The molecule has 0 saturated carbocycles. The second kappa shape index (κ2) is 7.55. The minimum Gasteiger partial charge on any atom is -0.490 e. The van der Waals surface area contributed by atoms with Crippen LogP contribution in [0.5, 0.6) is 5.75 Å². The largest absolute Gasteiger partial charge is 0.490 e. The molecular weight excluding hydrogens is 322 g/mol. The molecule has 4 heteroatoms. The Balaban J connectivity index is 2.09. The van der Waals surface area contributed by atoms with Gasteiger partial charge in [0.25, 0.3) is 0 Å². The van der Waals surface area contributed by atoms with E-state index < -0.39 is 0 Å². The number of rotatable bonds is 6. The zero-order valence-corrected chi connectivity index (χ0v) is 14.0. The van der Waals surface area contributed by atoms with Crippen molar-refractivity contribution in [2.75, 3.05) is 18.1 Å². The summed E-state index contributed by atoms with van der Waals surface area (Å²) in [6, 6.07) is 6.75. The summed E-state index contributed by atoms with van der Waals surface area (Å²) in [5, 5.41) is 3.58. The molecule has 1 aliphatic rings. The lowest BCUT2D eigenvalue weighted by Crippen LogP contribution is -2.33. The summed E-state index contributed by atoms with van der Waals surface area (Å²) in [6.07, 6.45) is 2.55. The maximum atomic E-state index is 6.14. The second-order valence-corrected chi connectivity index (χ2v) is 7.06. The number of hydrogen-bond donors (Lipinski definition) is 1. The van der Waals surface area contributed by atoms with Gasteiger partial charge in [0.15, 0.2) is 0 Å². The average Bonchev–Trinajstić information content (AvgIpc) is 2.40. The predicted octanol–water partition coefficient (Wildman–Crippen LogP) is 4.39. The lowest BCUT2D eigenvalue weighted by atomic mass is 9.95. The van der Waals surface area contributed by atoms with Crippen LogP contribution in [0.3, 0.4) is 0 Å². The van der Waals surface area contributed by atoms with E-state index in [-0.39, 0.29) is 0 Å². The van der Waals surface area contributed by atoms with E-state index >= 15 is 0 Å². The smallest absolute Gasteiger partial charge is 0.124 e. The number of thioether (sulfide) groups is 1. The highest BCUT2D eigenvalue weighted by molar-refractivity contribution is 9.10. The Kier molecular flexibility index (Phi) is 6.05. The fourth-order valence-electron chi connectivity index (χ4n) is 2.49. The first-order valence-corrected chi connectivity index (χ1v) is 8.96. The molecule has 0 radical (unpaired) electrons. The Hall–Kier alpha value is -0.190. The first kappa shape index (κ1) is 15.2. The molecule has 0 saturated heterocycles. The highest BCUT2D eigenvalue weighted by Crippen LogP contribution is 2.37. The molecule has 1 aromatic carbocycles. The van der Waals surface area contributed by atoms with E-state index in [1.165, 1.54) is 17.1 Å². The van der Waals surface area contributed by atoms with Crippen LogP contribution in [0.2, 0.25) is 0 Å². The molecule has 2 atom stereocenters. The van der Waals surface area contributed by atoms with Crippen molar-refractivity contribution in [3.8, 4) is 5.75 Å². The molecule has 0 aliphatic carbocycles. The predicted molar refractivity (Wildman–Crippen MR) is 87.2 cm³/mol. The molecule has 1 N–H and O–H groups in total. The molecule has 1 heterocycles. The average molecular weight is 344 g/mol. The molecule has 0 spiro atoms. The van der Waals surface area contributed by atoms with Crippen LogP contribution >= 0.6 is 27.7 Å². The van der Waals surface area contributed by atoms with Gasteiger partial charge >= 0.3 is 0 Å². The molecule has 106 valence electrons. The normalized spacial score (nSPS) is 21.8. The van der Waals surface area contributed by atoms with Gasteiger partial charge in [-0.1, -0.05) is 29.8 Å². The maximum Gasteiger partial charge on any atom is 0.124 e. The van der Waals surface area contributed by atoms with Crippen LogP contribution in [0.4, 0.5) is 0 Å². The van der Waals surface area contributed by atoms with Gasteiger partial charge in [-0.05, 0) is 42.7 Å². The van der Waals surface area contributed by atoms with E-state index in [4.69, 9.17) is 4.74 Å². The van der Waals surface area contributed by atoms with Crippen molar-refractivity contribution in [2.45, 2.75) is 38.8 Å². The highest BCUT2D eigenvalue weighted by Gasteiger charge is 2.27. The minimum atomic E-state index is 0.344. The third-order valence-corrected chi connectivity index (χ3v) is 4.80. The number of halogens is 1. The van der Waals surface area contributed by atoms with Crippen molar-refractivity contribution in [1.29, 1.82) is 0 Å². The Morgan fingerprint density at radius 3 is 3.00 bits per heavy atom.